The van der Waals surface area contributed by atoms with Crippen LogP contribution < -0.4 is 4.74 Å². The zero-order valence-corrected chi connectivity index (χ0v) is 18.4. The Hall–Kier alpha value is -1.89. The maximum absolute atomic E-state index is 13.4. The summed E-state index contributed by atoms with van der Waals surface area (Å²) in [5, 5.41) is 0.446. The van der Waals surface area contributed by atoms with Crippen LogP contribution in [0.1, 0.15) is 34.6 Å². The summed E-state index contributed by atoms with van der Waals surface area (Å²) in [6, 6.07) is 11.4. The maximum atomic E-state index is 13.4. The Morgan fingerprint density at radius 2 is 1.97 bits per heavy atom. The molecule has 0 saturated carbocycles. The van der Waals surface area contributed by atoms with Crippen molar-refractivity contribution in [1.29, 1.82) is 0 Å². The lowest BCUT2D eigenvalue weighted by Gasteiger charge is -2.29. The van der Waals surface area contributed by atoms with Gasteiger partial charge in [0.25, 0.3) is 5.91 Å². The first kappa shape index (κ1) is 21.8. The van der Waals surface area contributed by atoms with Gasteiger partial charge in [-0.25, -0.2) is 4.79 Å². The van der Waals surface area contributed by atoms with Crippen molar-refractivity contribution in [2.45, 2.75) is 24.8 Å². The lowest BCUT2D eigenvalue weighted by molar-refractivity contribution is -0.148. The molecule has 1 aliphatic rings. The molecule has 0 aliphatic carbocycles. The largest absolute Gasteiger partial charge is 0.497 e. The molecule has 2 aromatic rings. The Bertz CT molecular complexity index is 908. The van der Waals surface area contributed by atoms with Gasteiger partial charge in [0.15, 0.2) is 0 Å². The number of amides is 1. The molecule has 2 aromatic carbocycles. The Morgan fingerprint density at radius 1 is 1.17 bits per heavy atom. The number of carbonyl (C=O) groups is 2. The van der Waals surface area contributed by atoms with Crippen LogP contribution in [0.15, 0.2) is 42.5 Å². The van der Waals surface area contributed by atoms with Crippen LogP contribution >= 0.6 is 35.0 Å². The van der Waals surface area contributed by atoms with E-state index in [-0.39, 0.29) is 11.3 Å². The third-order valence-corrected chi connectivity index (χ3v) is 6.56. The fourth-order valence-electron chi connectivity index (χ4n) is 3.06. The molecule has 1 aliphatic heterocycles. The number of halogens is 2. The summed E-state index contributed by atoms with van der Waals surface area (Å²) in [5.74, 6) is 0.323. The van der Waals surface area contributed by atoms with Crippen LogP contribution in [-0.2, 0) is 9.53 Å². The number of esters is 1. The molecule has 29 heavy (non-hydrogen) atoms. The molecule has 2 unspecified atom stereocenters. The molecule has 5 nitrogen and oxygen atoms in total. The van der Waals surface area contributed by atoms with E-state index in [1.807, 2.05) is 13.0 Å². The van der Waals surface area contributed by atoms with Crippen LogP contribution in [0.2, 0.25) is 10.0 Å². The van der Waals surface area contributed by atoms with Crippen LogP contribution in [0.4, 0.5) is 0 Å². The Labute approximate surface area is 184 Å². The van der Waals surface area contributed by atoms with Gasteiger partial charge in [-0.3, -0.25) is 4.79 Å². The fourth-order valence-corrected chi connectivity index (χ4v) is 4.77. The second-order valence-corrected chi connectivity index (χ2v) is 8.41. The highest BCUT2D eigenvalue weighted by molar-refractivity contribution is 7.99. The minimum atomic E-state index is -0.690. The Balaban J connectivity index is 1.98. The van der Waals surface area contributed by atoms with Crippen LogP contribution in [-0.4, -0.2) is 42.3 Å². The van der Waals surface area contributed by atoms with Gasteiger partial charge >= 0.3 is 5.97 Å². The average Bonchev–Trinajstić information content (AvgIpc) is 3.18. The van der Waals surface area contributed by atoms with Gasteiger partial charge in [-0.1, -0.05) is 42.3 Å². The zero-order valence-electron chi connectivity index (χ0n) is 16.1. The van der Waals surface area contributed by atoms with Crippen molar-refractivity contribution < 1.29 is 19.1 Å². The van der Waals surface area contributed by atoms with Crippen LogP contribution in [0.3, 0.4) is 0 Å². The van der Waals surface area contributed by atoms with Crippen molar-refractivity contribution in [3.8, 4) is 5.75 Å². The highest BCUT2D eigenvalue weighted by atomic mass is 35.5. The Morgan fingerprint density at radius 3 is 2.66 bits per heavy atom. The predicted octanol–water partition coefficient (Wildman–Crippen LogP) is 5.21. The van der Waals surface area contributed by atoms with Gasteiger partial charge in [0.2, 0.25) is 0 Å². The van der Waals surface area contributed by atoms with E-state index in [9.17, 15) is 9.59 Å². The molecule has 0 bridgehead atoms. The maximum Gasteiger partial charge on any atom is 0.329 e. The van der Waals surface area contributed by atoms with E-state index in [2.05, 4.69) is 0 Å². The molecule has 1 heterocycles. The van der Waals surface area contributed by atoms with E-state index in [4.69, 9.17) is 32.7 Å². The number of rotatable bonds is 6. The summed E-state index contributed by atoms with van der Waals surface area (Å²) >= 11 is 13.7. The molecule has 3 rings (SSSR count). The van der Waals surface area contributed by atoms with Gasteiger partial charge in [0, 0.05) is 11.3 Å². The quantitative estimate of drug-likeness (QED) is 0.561. The second-order valence-electron chi connectivity index (χ2n) is 6.49. The average molecular weight is 454 g/mol. The van der Waals surface area contributed by atoms with Crippen LogP contribution in [0.5, 0.6) is 5.75 Å². The van der Waals surface area contributed by atoms with Gasteiger partial charge in [0.05, 0.1) is 23.8 Å². The SMILES string of the molecule is CCCOC(=O)C1CSC(c2ccc(Cl)c(Cl)c2)N1C(=O)c1cccc(OC)c1. The minimum absolute atomic E-state index is 0.275. The second kappa shape index (κ2) is 9.74. The summed E-state index contributed by atoms with van der Waals surface area (Å²) in [6.07, 6.45) is 0.714. The van der Waals surface area contributed by atoms with Crippen molar-refractivity contribution in [2.24, 2.45) is 0 Å². The number of benzene rings is 2. The number of thioether (sulfide) groups is 1. The van der Waals surface area contributed by atoms with E-state index >= 15 is 0 Å². The number of hydrogen-bond acceptors (Lipinski definition) is 5. The molecule has 0 aromatic heterocycles. The third-order valence-electron chi connectivity index (χ3n) is 4.50. The monoisotopic (exact) mass is 453 g/mol. The summed E-state index contributed by atoms with van der Waals surface area (Å²) in [7, 11) is 1.54. The van der Waals surface area contributed by atoms with Crippen molar-refractivity contribution in [1.82, 2.24) is 4.90 Å². The first-order valence-electron chi connectivity index (χ1n) is 9.16. The normalized spacial score (nSPS) is 18.6. The van der Waals surface area contributed by atoms with E-state index in [0.29, 0.717) is 40.1 Å². The molecule has 154 valence electrons. The predicted molar refractivity (Wildman–Crippen MR) is 116 cm³/mol. The molecule has 2 atom stereocenters. The Kier molecular flexibility index (Phi) is 7.33. The molecule has 1 amide bonds. The van der Waals surface area contributed by atoms with Gasteiger partial charge in [-0.2, -0.15) is 0 Å². The molecular weight excluding hydrogens is 433 g/mol. The number of nitrogens with zero attached hydrogens (tertiary/aromatic N) is 1. The lowest BCUT2D eigenvalue weighted by atomic mass is 10.1. The summed E-state index contributed by atoms with van der Waals surface area (Å²) in [6.45, 7) is 2.24. The van der Waals surface area contributed by atoms with Gasteiger partial charge in [-0.05, 0) is 42.3 Å². The smallest absolute Gasteiger partial charge is 0.329 e. The minimum Gasteiger partial charge on any atom is -0.497 e. The molecule has 0 spiro atoms. The number of hydrogen-bond donors (Lipinski definition) is 0. The molecule has 1 saturated heterocycles. The highest BCUT2D eigenvalue weighted by Gasteiger charge is 2.43. The highest BCUT2D eigenvalue weighted by Crippen LogP contribution is 2.44. The number of methoxy groups -OCH3 is 1. The van der Waals surface area contributed by atoms with E-state index < -0.39 is 12.0 Å². The molecule has 1 fully saturated rings. The van der Waals surface area contributed by atoms with Crippen LogP contribution in [0.25, 0.3) is 0 Å². The summed E-state index contributed by atoms with van der Waals surface area (Å²) < 4.78 is 10.6. The van der Waals surface area contributed by atoms with Crippen LogP contribution in [0, 0.1) is 0 Å². The first-order chi connectivity index (χ1) is 14.0. The third kappa shape index (κ3) is 4.82. The first-order valence-corrected chi connectivity index (χ1v) is 11.0. The van der Waals surface area contributed by atoms with Gasteiger partial charge < -0.3 is 14.4 Å². The van der Waals surface area contributed by atoms with E-state index in [1.54, 1.807) is 48.4 Å². The molecular formula is C21H21Cl2NO4S. The van der Waals surface area contributed by atoms with Crippen molar-refractivity contribution in [2.75, 3.05) is 19.5 Å². The van der Waals surface area contributed by atoms with E-state index in [1.165, 1.54) is 11.8 Å². The number of ether oxygens (including phenoxy) is 2. The van der Waals surface area contributed by atoms with Crippen molar-refractivity contribution in [3.05, 3.63) is 63.6 Å². The lowest BCUT2D eigenvalue weighted by Crippen LogP contribution is -2.44. The standard InChI is InChI=1S/C21H21Cl2NO4S/c1-3-9-28-21(26)18-12-29-20(14-7-8-16(22)17(23)11-14)24(18)19(25)13-5-4-6-15(10-13)27-2/h4-8,10-11,18,20H,3,9,12H2,1-2H3. The van der Waals surface area contributed by atoms with Gasteiger partial charge in [-0.15, -0.1) is 11.8 Å². The zero-order chi connectivity index (χ0) is 21.0. The molecule has 0 radical (unpaired) electrons. The topological polar surface area (TPSA) is 55.8 Å². The summed E-state index contributed by atoms with van der Waals surface area (Å²) in [4.78, 5) is 27.7. The number of carbonyl (C=O) groups excluding carboxylic acids is 2. The summed E-state index contributed by atoms with van der Waals surface area (Å²) in [5.41, 5.74) is 1.23. The van der Waals surface area contributed by atoms with Crippen molar-refractivity contribution >= 4 is 46.8 Å². The van der Waals surface area contributed by atoms with Gasteiger partial charge in [0.1, 0.15) is 17.2 Å². The molecule has 8 heteroatoms. The fraction of sp³-hybridized carbons (Fsp3) is 0.333. The van der Waals surface area contributed by atoms with E-state index in [0.717, 1.165) is 5.56 Å². The van der Waals surface area contributed by atoms with Crippen molar-refractivity contribution in [3.63, 3.8) is 0 Å². The molecule has 0 N–H and O–H groups in total.